The van der Waals surface area contributed by atoms with Crippen molar-refractivity contribution >= 4 is 28.3 Å². The Labute approximate surface area is 160 Å². The van der Waals surface area contributed by atoms with Gasteiger partial charge < -0.3 is 9.47 Å². The van der Waals surface area contributed by atoms with Crippen LogP contribution in [0.4, 0.5) is 5.13 Å². The van der Waals surface area contributed by atoms with Gasteiger partial charge in [0.1, 0.15) is 5.75 Å². The molecule has 0 aliphatic heterocycles. The Bertz CT molecular complexity index is 940. The van der Waals surface area contributed by atoms with E-state index in [0.717, 1.165) is 11.3 Å². The van der Waals surface area contributed by atoms with Crippen LogP contribution in [-0.2, 0) is 9.53 Å². The number of anilines is 1. The number of thiazole rings is 1. The minimum atomic E-state index is -0.965. The summed E-state index contributed by atoms with van der Waals surface area (Å²) in [6.07, 6.45) is -0.965. The highest BCUT2D eigenvalue weighted by atomic mass is 32.1. The highest BCUT2D eigenvalue weighted by molar-refractivity contribution is 7.14. The monoisotopic (exact) mass is 382 g/mol. The maximum atomic E-state index is 12.3. The molecular weight excluding hydrogens is 364 g/mol. The molecule has 1 amide bonds. The van der Waals surface area contributed by atoms with Gasteiger partial charge in [-0.25, -0.2) is 9.78 Å². The summed E-state index contributed by atoms with van der Waals surface area (Å²) in [4.78, 5) is 28.9. The molecule has 0 radical (unpaired) electrons. The largest absolute Gasteiger partial charge is 0.497 e. The van der Waals surface area contributed by atoms with Crippen LogP contribution in [0.15, 0.2) is 60.0 Å². The van der Waals surface area contributed by atoms with Gasteiger partial charge in [-0.2, -0.15) is 0 Å². The summed E-state index contributed by atoms with van der Waals surface area (Å²) in [6, 6.07) is 16.2. The third-order valence-electron chi connectivity index (χ3n) is 3.76. The molecule has 0 fully saturated rings. The summed E-state index contributed by atoms with van der Waals surface area (Å²) in [5.74, 6) is -0.501. The van der Waals surface area contributed by atoms with Crippen LogP contribution < -0.4 is 10.1 Å². The number of amides is 1. The number of benzene rings is 2. The highest BCUT2D eigenvalue weighted by Crippen LogP contribution is 2.24. The lowest BCUT2D eigenvalue weighted by atomic mass is 10.2. The number of hydrogen-bond acceptors (Lipinski definition) is 6. The average molecular weight is 382 g/mol. The highest BCUT2D eigenvalue weighted by Gasteiger charge is 2.20. The normalized spacial score (nSPS) is 11.5. The number of aromatic nitrogens is 1. The second kappa shape index (κ2) is 8.46. The number of hydrogen-bond donors (Lipinski definition) is 1. The van der Waals surface area contributed by atoms with E-state index in [1.807, 2.05) is 35.7 Å². The Kier molecular flexibility index (Phi) is 5.83. The van der Waals surface area contributed by atoms with Crippen LogP contribution in [0.1, 0.15) is 17.3 Å². The molecule has 0 saturated carbocycles. The van der Waals surface area contributed by atoms with Crippen molar-refractivity contribution in [3.05, 3.63) is 65.5 Å². The minimum absolute atomic E-state index is 0.314. The zero-order valence-electron chi connectivity index (χ0n) is 14.8. The Morgan fingerprint density at radius 2 is 1.89 bits per heavy atom. The number of carbonyl (C=O) groups excluding carboxylic acids is 2. The maximum Gasteiger partial charge on any atom is 0.339 e. The van der Waals surface area contributed by atoms with E-state index in [1.54, 1.807) is 24.3 Å². The summed E-state index contributed by atoms with van der Waals surface area (Å²) in [6.45, 7) is 1.51. The van der Waals surface area contributed by atoms with Crippen LogP contribution in [0.2, 0.25) is 0 Å². The first-order chi connectivity index (χ1) is 13.1. The Morgan fingerprint density at radius 3 is 2.63 bits per heavy atom. The molecule has 27 heavy (non-hydrogen) atoms. The summed E-state index contributed by atoms with van der Waals surface area (Å²) in [5, 5.41) is 4.98. The second-order valence-electron chi connectivity index (χ2n) is 5.67. The molecule has 0 aliphatic carbocycles. The van der Waals surface area contributed by atoms with Crippen molar-refractivity contribution in [2.24, 2.45) is 0 Å². The van der Waals surface area contributed by atoms with E-state index in [2.05, 4.69) is 10.3 Å². The van der Waals surface area contributed by atoms with Gasteiger partial charge in [-0.1, -0.05) is 36.4 Å². The molecule has 1 heterocycles. The van der Waals surface area contributed by atoms with Crippen molar-refractivity contribution in [3.63, 3.8) is 0 Å². The van der Waals surface area contributed by atoms with Gasteiger partial charge in [0, 0.05) is 10.9 Å². The quantitative estimate of drug-likeness (QED) is 0.652. The number of ether oxygens (including phenoxy) is 2. The Morgan fingerprint density at radius 1 is 1.11 bits per heavy atom. The molecule has 0 spiro atoms. The van der Waals surface area contributed by atoms with Crippen molar-refractivity contribution < 1.29 is 19.1 Å². The Balaban J connectivity index is 1.61. The molecule has 7 heteroatoms. The zero-order chi connectivity index (χ0) is 19.2. The molecule has 1 aromatic heterocycles. The third-order valence-corrected chi connectivity index (χ3v) is 4.52. The van der Waals surface area contributed by atoms with E-state index in [-0.39, 0.29) is 0 Å². The first-order valence-electron chi connectivity index (χ1n) is 8.23. The fraction of sp³-hybridized carbons (Fsp3) is 0.150. The molecular formula is C20H18N2O4S. The fourth-order valence-corrected chi connectivity index (χ4v) is 3.03. The van der Waals surface area contributed by atoms with Crippen molar-refractivity contribution in [3.8, 4) is 17.0 Å². The minimum Gasteiger partial charge on any atom is -0.497 e. The van der Waals surface area contributed by atoms with Crippen LogP contribution >= 0.6 is 11.3 Å². The van der Waals surface area contributed by atoms with E-state index >= 15 is 0 Å². The smallest absolute Gasteiger partial charge is 0.339 e. The topological polar surface area (TPSA) is 77.5 Å². The molecule has 6 nitrogen and oxygen atoms in total. The van der Waals surface area contributed by atoms with E-state index in [1.165, 1.54) is 25.4 Å². The molecule has 0 aliphatic rings. The first kappa shape index (κ1) is 18.6. The Hall–Kier alpha value is -3.19. The summed E-state index contributed by atoms with van der Waals surface area (Å²) >= 11 is 1.31. The molecule has 3 rings (SSSR count). The molecule has 0 bridgehead atoms. The van der Waals surface area contributed by atoms with Gasteiger partial charge in [-0.15, -0.1) is 11.3 Å². The summed E-state index contributed by atoms with van der Waals surface area (Å²) < 4.78 is 10.3. The molecule has 1 atom stereocenters. The molecule has 0 saturated heterocycles. The van der Waals surface area contributed by atoms with E-state index in [0.29, 0.717) is 16.4 Å². The predicted molar refractivity (Wildman–Crippen MR) is 104 cm³/mol. The van der Waals surface area contributed by atoms with Crippen molar-refractivity contribution in [2.75, 3.05) is 12.4 Å². The van der Waals surface area contributed by atoms with Crippen LogP contribution in [0.25, 0.3) is 11.3 Å². The lowest BCUT2D eigenvalue weighted by Crippen LogP contribution is -2.30. The predicted octanol–water partition coefficient (Wildman–Crippen LogP) is 4.00. The standard InChI is InChI=1S/C20H18N2O4S/c1-13(26-19(24)15-9-6-10-16(11-15)25-2)18(23)22-20-21-17(12-27-20)14-7-4-3-5-8-14/h3-13H,1-2H3,(H,21,22,23). The van der Waals surface area contributed by atoms with E-state index < -0.39 is 18.0 Å². The van der Waals surface area contributed by atoms with Gasteiger partial charge in [0.15, 0.2) is 11.2 Å². The second-order valence-corrected chi connectivity index (χ2v) is 6.53. The summed E-state index contributed by atoms with van der Waals surface area (Å²) in [5.41, 5.74) is 2.05. The lowest BCUT2D eigenvalue weighted by Gasteiger charge is -2.12. The SMILES string of the molecule is COc1cccc(C(=O)OC(C)C(=O)Nc2nc(-c3ccccc3)cs2)c1. The van der Waals surface area contributed by atoms with Gasteiger partial charge in [0.2, 0.25) is 0 Å². The van der Waals surface area contributed by atoms with E-state index in [4.69, 9.17) is 9.47 Å². The zero-order valence-corrected chi connectivity index (χ0v) is 15.7. The molecule has 2 aromatic carbocycles. The van der Waals surface area contributed by atoms with Gasteiger partial charge >= 0.3 is 5.97 Å². The summed E-state index contributed by atoms with van der Waals surface area (Å²) in [7, 11) is 1.51. The molecule has 1 N–H and O–H groups in total. The van der Waals surface area contributed by atoms with Crippen molar-refractivity contribution in [1.29, 1.82) is 0 Å². The van der Waals surface area contributed by atoms with Crippen LogP contribution in [0, 0.1) is 0 Å². The molecule has 1 unspecified atom stereocenters. The number of methoxy groups -OCH3 is 1. The lowest BCUT2D eigenvalue weighted by molar-refractivity contribution is -0.123. The number of nitrogens with zero attached hydrogens (tertiary/aromatic N) is 1. The van der Waals surface area contributed by atoms with Gasteiger partial charge in [0.25, 0.3) is 5.91 Å². The van der Waals surface area contributed by atoms with Gasteiger partial charge in [-0.05, 0) is 25.1 Å². The number of nitrogens with one attached hydrogen (secondary N) is 1. The fourth-order valence-electron chi connectivity index (χ4n) is 2.31. The maximum absolute atomic E-state index is 12.3. The van der Waals surface area contributed by atoms with Crippen molar-refractivity contribution in [2.45, 2.75) is 13.0 Å². The van der Waals surface area contributed by atoms with Gasteiger partial charge in [-0.3, -0.25) is 10.1 Å². The van der Waals surface area contributed by atoms with Crippen LogP contribution in [0.5, 0.6) is 5.75 Å². The van der Waals surface area contributed by atoms with Crippen LogP contribution in [-0.4, -0.2) is 30.1 Å². The van der Waals surface area contributed by atoms with E-state index in [9.17, 15) is 9.59 Å². The third kappa shape index (κ3) is 4.71. The number of esters is 1. The number of carbonyl (C=O) groups is 2. The van der Waals surface area contributed by atoms with Crippen LogP contribution in [0.3, 0.4) is 0 Å². The molecule has 138 valence electrons. The van der Waals surface area contributed by atoms with Gasteiger partial charge in [0.05, 0.1) is 18.4 Å². The molecule has 3 aromatic rings. The van der Waals surface area contributed by atoms with Crippen molar-refractivity contribution in [1.82, 2.24) is 4.98 Å². The number of rotatable bonds is 6. The first-order valence-corrected chi connectivity index (χ1v) is 9.11. The average Bonchev–Trinajstić information content (AvgIpc) is 3.17.